The average molecular weight is 241 g/mol. The molecule has 0 radical (unpaired) electrons. The minimum absolute atomic E-state index is 0.643. The second-order valence-electron chi connectivity index (χ2n) is 3.60. The van der Waals surface area contributed by atoms with Crippen LogP contribution in [0.1, 0.15) is 11.8 Å². The van der Waals surface area contributed by atoms with E-state index in [1.54, 1.807) is 18.4 Å². The summed E-state index contributed by atoms with van der Waals surface area (Å²) in [6.45, 7) is 8.76. The number of ether oxygens (including phenoxy) is 2. The van der Waals surface area contributed by atoms with Gasteiger partial charge in [0.15, 0.2) is 0 Å². The first-order chi connectivity index (χ1) is 7.74. The van der Waals surface area contributed by atoms with Crippen LogP contribution in [0.4, 0.5) is 0 Å². The maximum absolute atomic E-state index is 5.38. The van der Waals surface area contributed by atoms with E-state index >= 15 is 0 Å². The lowest BCUT2D eigenvalue weighted by Gasteiger charge is -2.06. The highest BCUT2D eigenvalue weighted by Gasteiger charge is 2.02. The van der Waals surface area contributed by atoms with Gasteiger partial charge in [0.25, 0.3) is 0 Å². The predicted octanol–water partition coefficient (Wildman–Crippen LogP) is 2.44. The fourth-order valence-electron chi connectivity index (χ4n) is 1.23. The van der Waals surface area contributed by atoms with Gasteiger partial charge >= 0.3 is 0 Å². The SMILES string of the molecule is C=C(C)COCCNCc1sccc1OC. The van der Waals surface area contributed by atoms with Gasteiger partial charge in [-0.1, -0.05) is 12.2 Å². The Kier molecular flexibility index (Phi) is 6.15. The number of hydrogen-bond donors (Lipinski definition) is 1. The fraction of sp³-hybridized carbons (Fsp3) is 0.500. The molecule has 0 atom stereocenters. The molecule has 0 aliphatic carbocycles. The second kappa shape index (κ2) is 7.44. The van der Waals surface area contributed by atoms with Crippen molar-refractivity contribution in [2.75, 3.05) is 26.9 Å². The first-order valence-electron chi connectivity index (χ1n) is 5.27. The first-order valence-corrected chi connectivity index (χ1v) is 6.15. The molecule has 1 heterocycles. The molecule has 0 bridgehead atoms. The molecule has 0 aliphatic rings. The monoisotopic (exact) mass is 241 g/mol. The zero-order chi connectivity index (χ0) is 11.8. The number of methoxy groups -OCH3 is 1. The van der Waals surface area contributed by atoms with Crippen molar-refractivity contribution in [1.29, 1.82) is 0 Å². The van der Waals surface area contributed by atoms with Crippen molar-refractivity contribution in [2.24, 2.45) is 0 Å². The minimum atomic E-state index is 0.643. The molecule has 4 heteroatoms. The molecule has 0 aromatic carbocycles. The maximum atomic E-state index is 5.38. The molecular formula is C12H19NO2S. The Morgan fingerprint density at radius 3 is 3.06 bits per heavy atom. The summed E-state index contributed by atoms with van der Waals surface area (Å²) in [6, 6.07) is 1.99. The average Bonchev–Trinajstić information content (AvgIpc) is 2.70. The normalized spacial score (nSPS) is 10.4. The Bertz CT molecular complexity index is 323. The van der Waals surface area contributed by atoms with E-state index in [1.807, 2.05) is 18.4 Å². The van der Waals surface area contributed by atoms with E-state index in [0.717, 1.165) is 24.4 Å². The first kappa shape index (κ1) is 13.2. The van der Waals surface area contributed by atoms with E-state index < -0.39 is 0 Å². The third-order valence-electron chi connectivity index (χ3n) is 1.98. The minimum Gasteiger partial charge on any atom is -0.496 e. The van der Waals surface area contributed by atoms with Crippen LogP contribution in [0.25, 0.3) is 0 Å². The Balaban J connectivity index is 2.09. The van der Waals surface area contributed by atoms with Crippen LogP contribution in [-0.2, 0) is 11.3 Å². The van der Waals surface area contributed by atoms with Crippen molar-refractivity contribution in [2.45, 2.75) is 13.5 Å². The third-order valence-corrected chi connectivity index (χ3v) is 2.88. The highest BCUT2D eigenvalue weighted by molar-refractivity contribution is 7.10. The molecule has 1 aromatic rings. The maximum Gasteiger partial charge on any atom is 0.134 e. The third kappa shape index (κ3) is 4.79. The van der Waals surface area contributed by atoms with E-state index in [2.05, 4.69) is 11.9 Å². The number of hydrogen-bond acceptors (Lipinski definition) is 4. The van der Waals surface area contributed by atoms with Crippen LogP contribution in [0.3, 0.4) is 0 Å². The van der Waals surface area contributed by atoms with E-state index in [-0.39, 0.29) is 0 Å². The lowest BCUT2D eigenvalue weighted by atomic mass is 10.4. The van der Waals surface area contributed by atoms with Gasteiger partial charge in [0.1, 0.15) is 5.75 Å². The van der Waals surface area contributed by atoms with Gasteiger partial charge in [-0.05, 0) is 18.4 Å². The Hall–Kier alpha value is -0.840. The van der Waals surface area contributed by atoms with Crippen molar-refractivity contribution in [3.63, 3.8) is 0 Å². The van der Waals surface area contributed by atoms with Gasteiger partial charge in [-0.25, -0.2) is 0 Å². The quantitative estimate of drug-likeness (QED) is 0.560. The molecule has 0 fully saturated rings. The molecule has 16 heavy (non-hydrogen) atoms. The van der Waals surface area contributed by atoms with E-state index in [9.17, 15) is 0 Å². The van der Waals surface area contributed by atoms with E-state index in [4.69, 9.17) is 9.47 Å². The molecule has 3 nitrogen and oxygen atoms in total. The summed E-state index contributed by atoms with van der Waals surface area (Å²) in [6.07, 6.45) is 0. The van der Waals surface area contributed by atoms with Gasteiger partial charge in [0, 0.05) is 13.1 Å². The molecule has 1 aromatic heterocycles. The van der Waals surface area contributed by atoms with Crippen molar-refractivity contribution in [3.05, 3.63) is 28.5 Å². The van der Waals surface area contributed by atoms with Crippen LogP contribution < -0.4 is 10.1 Å². The summed E-state index contributed by atoms with van der Waals surface area (Å²) in [5.74, 6) is 0.959. The summed E-state index contributed by atoms with van der Waals surface area (Å²) >= 11 is 1.70. The molecule has 1 N–H and O–H groups in total. The van der Waals surface area contributed by atoms with Gasteiger partial charge in [0.2, 0.25) is 0 Å². The van der Waals surface area contributed by atoms with Crippen molar-refractivity contribution in [3.8, 4) is 5.75 Å². The molecular weight excluding hydrogens is 222 g/mol. The highest BCUT2D eigenvalue weighted by Crippen LogP contribution is 2.23. The van der Waals surface area contributed by atoms with Crippen LogP contribution >= 0.6 is 11.3 Å². The molecule has 0 saturated heterocycles. The van der Waals surface area contributed by atoms with E-state index in [1.165, 1.54) is 4.88 Å². The number of rotatable bonds is 8. The summed E-state index contributed by atoms with van der Waals surface area (Å²) < 4.78 is 10.6. The molecule has 0 saturated carbocycles. The van der Waals surface area contributed by atoms with Crippen LogP contribution in [-0.4, -0.2) is 26.9 Å². The number of thiophene rings is 1. The smallest absolute Gasteiger partial charge is 0.134 e. The topological polar surface area (TPSA) is 30.5 Å². The van der Waals surface area contributed by atoms with Crippen molar-refractivity contribution in [1.82, 2.24) is 5.32 Å². The van der Waals surface area contributed by atoms with Gasteiger partial charge in [-0.2, -0.15) is 0 Å². The second-order valence-corrected chi connectivity index (χ2v) is 4.60. The molecule has 0 spiro atoms. The summed E-state index contributed by atoms with van der Waals surface area (Å²) in [5, 5.41) is 5.35. The van der Waals surface area contributed by atoms with Gasteiger partial charge < -0.3 is 14.8 Å². The Morgan fingerprint density at radius 1 is 1.56 bits per heavy atom. The fourth-order valence-corrected chi connectivity index (χ4v) is 2.04. The zero-order valence-corrected chi connectivity index (χ0v) is 10.7. The lowest BCUT2D eigenvalue weighted by molar-refractivity contribution is 0.158. The predicted molar refractivity (Wildman–Crippen MR) is 68.2 cm³/mol. The van der Waals surface area contributed by atoms with Crippen LogP contribution in [0.5, 0.6) is 5.75 Å². The standard InChI is InChI=1S/C12H19NO2S/c1-10(2)9-15-6-5-13-8-12-11(14-3)4-7-16-12/h4,7,13H,1,5-6,8-9H2,2-3H3. The van der Waals surface area contributed by atoms with Gasteiger partial charge in [-0.15, -0.1) is 11.3 Å². The van der Waals surface area contributed by atoms with E-state index in [0.29, 0.717) is 13.2 Å². The van der Waals surface area contributed by atoms with Gasteiger partial charge in [-0.3, -0.25) is 0 Å². The zero-order valence-electron chi connectivity index (χ0n) is 9.91. The summed E-state index contributed by atoms with van der Waals surface area (Å²) in [5.41, 5.74) is 1.06. The van der Waals surface area contributed by atoms with Crippen molar-refractivity contribution >= 4 is 11.3 Å². The molecule has 0 aliphatic heterocycles. The Labute approximate surface area is 101 Å². The molecule has 1 rings (SSSR count). The van der Waals surface area contributed by atoms with Crippen LogP contribution in [0.15, 0.2) is 23.6 Å². The van der Waals surface area contributed by atoms with Crippen LogP contribution in [0.2, 0.25) is 0 Å². The number of nitrogens with one attached hydrogen (secondary N) is 1. The van der Waals surface area contributed by atoms with Crippen LogP contribution in [0, 0.1) is 0 Å². The Morgan fingerprint density at radius 2 is 2.38 bits per heavy atom. The molecule has 0 unspecified atom stereocenters. The van der Waals surface area contributed by atoms with Crippen molar-refractivity contribution < 1.29 is 9.47 Å². The molecule has 0 amide bonds. The van der Waals surface area contributed by atoms with Gasteiger partial charge in [0.05, 0.1) is 25.2 Å². The summed E-state index contributed by atoms with van der Waals surface area (Å²) in [4.78, 5) is 1.22. The molecule has 90 valence electrons. The largest absolute Gasteiger partial charge is 0.496 e. The lowest BCUT2D eigenvalue weighted by Crippen LogP contribution is -2.19. The summed E-state index contributed by atoms with van der Waals surface area (Å²) in [7, 11) is 1.70. The highest BCUT2D eigenvalue weighted by atomic mass is 32.1.